The third kappa shape index (κ3) is 3.28. The van der Waals surface area contributed by atoms with E-state index in [4.69, 9.17) is 4.74 Å². The fourth-order valence-electron chi connectivity index (χ4n) is 8.96. The molecule has 5 aliphatic rings. The maximum absolute atomic E-state index is 14.0. The molecule has 1 amide bonds. The number of rotatable bonds is 2. The number of benzene rings is 1. The van der Waals surface area contributed by atoms with Crippen LogP contribution < -0.4 is 5.32 Å². The number of aliphatic hydroxyl groups excluding tert-OH is 2. The van der Waals surface area contributed by atoms with Crippen molar-refractivity contribution in [3.8, 4) is 0 Å². The van der Waals surface area contributed by atoms with Gasteiger partial charge in [-0.05, 0) is 55.6 Å². The van der Waals surface area contributed by atoms with E-state index in [0.29, 0.717) is 18.8 Å². The molecule has 0 bridgehead atoms. The molecular weight excluding hydrogens is 474 g/mol. The summed E-state index contributed by atoms with van der Waals surface area (Å²) in [6, 6.07) is 10.1. The molecule has 3 aliphatic carbocycles. The Balaban J connectivity index is 1.45. The molecule has 11 atom stereocenters. The summed E-state index contributed by atoms with van der Waals surface area (Å²) >= 11 is 1.64. The standard InChI is InChI=1S/C29H39NO5S/c1-15-10-11-21-27(2,3)24(32)20(36-16-8-6-5-7-9-16)14-29(21)28(15,4)13-18-19(31)12-17-22(23(18)35-29)26(34)30-25(17)33/h5-9,15,17-23,26,31,34H,10-14H2,1-4H3,(H,30,33). The van der Waals surface area contributed by atoms with Gasteiger partial charge in [-0.2, -0.15) is 0 Å². The molecule has 36 heavy (non-hydrogen) atoms. The zero-order valence-corrected chi connectivity index (χ0v) is 22.5. The molecule has 5 fully saturated rings. The van der Waals surface area contributed by atoms with Crippen LogP contribution in [0.4, 0.5) is 0 Å². The van der Waals surface area contributed by atoms with Gasteiger partial charge in [0, 0.05) is 28.1 Å². The van der Waals surface area contributed by atoms with Gasteiger partial charge >= 0.3 is 0 Å². The number of hydrogen-bond donors (Lipinski definition) is 3. The Morgan fingerprint density at radius 2 is 1.78 bits per heavy atom. The Morgan fingerprint density at radius 1 is 1.06 bits per heavy atom. The number of hydrogen-bond acceptors (Lipinski definition) is 6. The van der Waals surface area contributed by atoms with Gasteiger partial charge in [0.15, 0.2) is 5.78 Å². The van der Waals surface area contributed by atoms with Crippen LogP contribution >= 0.6 is 11.8 Å². The summed E-state index contributed by atoms with van der Waals surface area (Å²) in [6.07, 6.45) is 1.71. The number of ether oxygens (including phenoxy) is 1. The SMILES string of the molecule is CC1CCC2C(C)(C)C(=O)C(Sc3ccccc3)CC23OC2C(CC13C)C(O)CC1C(=O)NC(O)C12. The first-order valence-corrected chi connectivity index (χ1v) is 14.5. The van der Waals surface area contributed by atoms with Crippen LogP contribution in [-0.4, -0.2) is 51.2 Å². The number of fused-ring (bicyclic) bond motifs is 3. The maximum Gasteiger partial charge on any atom is 0.225 e. The molecule has 2 heterocycles. The van der Waals surface area contributed by atoms with Crippen LogP contribution in [0.3, 0.4) is 0 Å². The van der Waals surface area contributed by atoms with Gasteiger partial charge in [0.25, 0.3) is 0 Å². The van der Waals surface area contributed by atoms with E-state index in [9.17, 15) is 19.8 Å². The van der Waals surface area contributed by atoms with Crippen molar-refractivity contribution in [1.29, 1.82) is 0 Å². The Bertz CT molecular complexity index is 1060. The minimum atomic E-state index is -0.963. The van der Waals surface area contributed by atoms with Gasteiger partial charge in [0.1, 0.15) is 6.23 Å². The molecule has 3 N–H and O–H groups in total. The van der Waals surface area contributed by atoms with Crippen LogP contribution in [-0.2, 0) is 14.3 Å². The highest BCUT2D eigenvalue weighted by Crippen LogP contribution is 2.69. The zero-order chi connectivity index (χ0) is 25.6. The van der Waals surface area contributed by atoms with E-state index in [-0.39, 0.29) is 40.1 Å². The van der Waals surface area contributed by atoms with Crippen molar-refractivity contribution in [2.45, 2.75) is 94.0 Å². The average Bonchev–Trinajstić information content (AvgIpc) is 3.11. The highest BCUT2D eigenvalue weighted by Gasteiger charge is 2.72. The lowest BCUT2D eigenvalue weighted by Crippen LogP contribution is -2.74. The molecular formula is C29H39NO5S. The summed E-state index contributed by atoms with van der Waals surface area (Å²) in [5.41, 5.74) is -1.35. The summed E-state index contributed by atoms with van der Waals surface area (Å²) in [7, 11) is 0. The molecule has 1 spiro atoms. The molecule has 7 heteroatoms. The van der Waals surface area contributed by atoms with E-state index < -0.39 is 35.4 Å². The van der Waals surface area contributed by atoms with Gasteiger partial charge in [-0.25, -0.2) is 0 Å². The fourth-order valence-corrected chi connectivity index (χ4v) is 10.3. The predicted octanol–water partition coefficient (Wildman–Crippen LogP) is 3.79. The quantitative estimate of drug-likeness (QED) is 0.557. The first kappa shape index (κ1) is 24.9. The van der Waals surface area contributed by atoms with Gasteiger partial charge in [0.05, 0.1) is 29.0 Å². The second-order valence-corrected chi connectivity index (χ2v) is 14.2. The van der Waals surface area contributed by atoms with E-state index in [2.05, 4.69) is 45.1 Å². The molecule has 3 saturated carbocycles. The summed E-state index contributed by atoms with van der Waals surface area (Å²) in [5.74, 6) is -0.427. The average molecular weight is 514 g/mol. The molecule has 1 aromatic carbocycles. The maximum atomic E-state index is 14.0. The normalized spacial score (nSPS) is 49.3. The molecule has 1 aromatic rings. The second kappa shape index (κ2) is 8.29. The summed E-state index contributed by atoms with van der Waals surface area (Å²) in [4.78, 5) is 27.7. The van der Waals surface area contributed by atoms with Crippen LogP contribution in [0.25, 0.3) is 0 Å². The van der Waals surface area contributed by atoms with E-state index >= 15 is 0 Å². The number of nitrogens with one attached hydrogen (secondary N) is 1. The van der Waals surface area contributed by atoms with Crippen molar-refractivity contribution in [3.05, 3.63) is 30.3 Å². The smallest absolute Gasteiger partial charge is 0.225 e. The Kier molecular flexibility index (Phi) is 5.74. The van der Waals surface area contributed by atoms with Gasteiger partial charge in [-0.15, -0.1) is 11.8 Å². The first-order valence-electron chi connectivity index (χ1n) is 13.6. The third-order valence-electron chi connectivity index (χ3n) is 11.1. The lowest BCUT2D eigenvalue weighted by Gasteiger charge is -2.70. The molecule has 6 rings (SSSR count). The van der Waals surface area contributed by atoms with Gasteiger partial charge in [0.2, 0.25) is 5.91 Å². The lowest BCUT2D eigenvalue weighted by molar-refractivity contribution is -0.326. The van der Waals surface area contributed by atoms with Crippen LogP contribution in [0.1, 0.15) is 59.8 Å². The minimum absolute atomic E-state index is 0.0481. The highest BCUT2D eigenvalue weighted by atomic mass is 32.2. The van der Waals surface area contributed by atoms with E-state index in [1.54, 1.807) is 11.8 Å². The molecule has 0 aromatic heterocycles. The van der Waals surface area contributed by atoms with Crippen molar-refractivity contribution in [2.24, 2.45) is 40.4 Å². The number of thioether (sulfide) groups is 1. The topological polar surface area (TPSA) is 95.9 Å². The van der Waals surface area contributed by atoms with Crippen molar-refractivity contribution in [1.82, 2.24) is 5.32 Å². The van der Waals surface area contributed by atoms with Gasteiger partial charge in [-0.1, -0.05) is 45.9 Å². The summed E-state index contributed by atoms with van der Waals surface area (Å²) in [6.45, 7) is 8.82. The van der Waals surface area contributed by atoms with Crippen LogP contribution in [0.5, 0.6) is 0 Å². The zero-order valence-electron chi connectivity index (χ0n) is 21.6. The van der Waals surface area contributed by atoms with E-state index in [1.807, 2.05) is 18.2 Å². The molecule has 196 valence electrons. The number of amides is 1. The number of aliphatic hydroxyl groups is 2. The lowest BCUT2D eigenvalue weighted by atomic mass is 9.42. The Labute approximate surface area is 217 Å². The number of ketones is 1. The van der Waals surface area contributed by atoms with Gasteiger partial charge in [-0.3, -0.25) is 9.59 Å². The summed E-state index contributed by atoms with van der Waals surface area (Å²) in [5, 5.41) is 24.6. The van der Waals surface area contributed by atoms with Crippen LogP contribution in [0, 0.1) is 40.4 Å². The van der Waals surface area contributed by atoms with Crippen molar-refractivity contribution in [3.63, 3.8) is 0 Å². The van der Waals surface area contributed by atoms with E-state index in [1.165, 1.54) is 0 Å². The van der Waals surface area contributed by atoms with Crippen molar-refractivity contribution >= 4 is 23.5 Å². The highest BCUT2D eigenvalue weighted by molar-refractivity contribution is 8.00. The monoisotopic (exact) mass is 513 g/mol. The van der Waals surface area contributed by atoms with E-state index in [0.717, 1.165) is 24.2 Å². The van der Waals surface area contributed by atoms with Crippen molar-refractivity contribution < 1.29 is 24.5 Å². The molecule has 2 aliphatic heterocycles. The molecule has 11 unspecified atom stereocenters. The first-order chi connectivity index (χ1) is 17.0. The third-order valence-corrected chi connectivity index (χ3v) is 12.3. The molecule has 2 saturated heterocycles. The van der Waals surface area contributed by atoms with Crippen molar-refractivity contribution in [2.75, 3.05) is 0 Å². The van der Waals surface area contributed by atoms with Crippen LogP contribution in [0.2, 0.25) is 0 Å². The van der Waals surface area contributed by atoms with Crippen LogP contribution in [0.15, 0.2) is 35.2 Å². The Morgan fingerprint density at radius 3 is 2.50 bits per heavy atom. The molecule has 6 nitrogen and oxygen atoms in total. The largest absolute Gasteiger partial charge is 0.393 e. The minimum Gasteiger partial charge on any atom is -0.393 e. The number of carbonyl (C=O) groups is 2. The predicted molar refractivity (Wildman–Crippen MR) is 137 cm³/mol. The fraction of sp³-hybridized carbons (Fsp3) is 0.724. The number of Topliss-reactive ketones (excluding diaryl/α,β-unsaturated/α-hetero) is 1. The molecule has 0 radical (unpaired) electrons. The van der Waals surface area contributed by atoms with Gasteiger partial charge < -0.3 is 20.3 Å². The second-order valence-electron chi connectivity index (χ2n) is 12.9. The number of carbonyl (C=O) groups excluding carboxylic acids is 2. The summed E-state index contributed by atoms with van der Waals surface area (Å²) < 4.78 is 7.34. The Hall–Kier alpha value is -1.41.